The van der Waals surface area contributed by atoms with Crippen molar-refractivity contribution in [3.05, 3.63) is 83.7 Å². The van der Waals surface area contributed by atoms with Crippen molar-refractivity contribution in [1.29, 1.82) is 0 Å². The number of aliphatic hydroxyl groups excluding tert-OH is 1. The van der Waals surface area contributed by atoms with E-state index in [0.29, 0.717) is 68.4 Å². The first-order valence-corrected chi connectivity index (χ1v) is 13.9. The van der Waals surface area contributed by atoms with Crippen molar-refractivity contribution in [2.45, 2.75) is 56.2 Å². The molecule has 3 atom stereocenters. The smallest absolute Gasteiger partial charge is 0.337 e. The highest BCUT2D eigenvalue weighted by molar-refractivity contribution is 5.98. The summed E-state index contributed by atoms with van der Waals surface area (Å²) >= 11 is 0. The molecule has 2 aromatic carbocycles. The number of methoxy groups -OCH3 is 1. The molecule has 2 fully saturated rings. The standard InChI is InChI=1S/C31H38FN3O5/c1-3-16-34(28-20-26(28)21-10-12-24(32)13-11-21)17-4-5-27(30(38)35-18-14-25(36)15-19-35)33-29(37)22-6-8-23(9-7-22)31(39)40-2/h3,6-13,25-28,36H,1,4-5,14-20H2,2H3,(H,33,37)/t26-,27?,28+/m0/s1. The molecule has 9 heteroatoms. The Kier molecular flexibility index (Phi) is 10.1. The largest absolute Gasteiger partial charge is 0.465 e. The van der Waals surface area contributed by atoms with Crippen LogP contribution in [0.15, 0.2) is 61.2 Å². The van der Waals surface area contributed by atoms with Gasteiger partial charge in [-0.05, 0) is 80.6 Å². The average molecular weight is 552 g/mol. The molecular weight excluding hydrogens is 513 g/mol. The summed E-state index contributed by atoms with van der Waals surface area (Å²) < 4.78 is 18.1. The maximum Gasteiger partial charge on any atom is 0.337 e. The number of ether oxygens (including phenoxy) is 1. The van der Waals surface area contributed by atoms with Crippen molar-refractivity contribution in [2.24, 2.45) is 0 Å². The Bertz CT molecular complexity index is 1180. The van der Waals surface area contributed by atoms with E-state index in [1.165, 1.54) is 43.5 Å². The number of amides is 2. The SMILES string of the molecule is C=CCN(CCCC(NC(=O)c1ccc(C(=O)OC)cc1)C(=O)N1CCC(O)CC1)[C@@H]1C[C@H]1c1ccc(F)cc1. The highest BCUT2D eigenvalue weighted by Crippen LogP contribution is 2.44. The van der Waals surface area contributed by atoms with Crippen LogP contribution in [0.4, 0.5) is 4.39 Å². The van der Waals surface area contributed by atoms with E-state index in [0.717, 1.165) is 18.5 Å². The van der Waals surface area contributed by atoms with Gasteiger partial charge in [-0.15, -0.1) is 6.58 Å². The molecule has 1 saturated carbocycles. The van der Waals surface area contributed by atoms with E-state index in [9.17, 15) is 23.9 Å². The molecule has 0 bridgehead atoms. The van der Waals surface area contributed by atoms with Crippen LogP contribution in [-0.4, -0.2) is 84.2 Å². The molecule has 1 heterocycles. The van der Waals surface area contributed by atoms with E-state index >= 15 is 0 Å². The number of rotatable bonds is 12. The fourth-order valence-electron chi connectivity index (χ4n) is 5.39. The minimum Gasteiger partial charge on any atom is -0.465 e. The van der Waals surface area contributed by atoms with Crippen LogP contribution in [-0.2, 0) is 9.53 Å². The van der Waals surface area contributed by atoms with Crippen molar-refractivity contribution in [2.75, 3.05) is 33.3 Å². The van der Waals surface area contributed by atoms with Crippen molar-refractivity contribution < 1.29 is 28.6 Å². The average Bonchev–Trinajstić information content (AvgIpc) is 3.77. The van der Waals surface area contributed by atoms with Gasteiger partial charge in [0.05, 0.1) is 18.8 Å². The molecule has 4 rings (SSSR count). The Labute approximate surface area is 234 Å². The second kappa shape index (κ2) is 13.7. The van der Waals surface area contributed by atoms with Crippen LogP contribution < -0.4 is 5.32 Å². The third-order valence-electron chi connectivity index (χ3n) is 7.77. The van der Waals surface area contributed by atoms with Gasteiger partial charge >= 0.3 is 5.97 Å². The van der Waals surface area contributed by atoms with Crippen LogP contribution in [0.25, 0.3) is 0 Å². The van der Waals surface area contributed by atoms with Gasteiger partial charge in [-0.25, -0.2) is 9.18 Å². The zero-order valence-corrected chi connectivity index (χ0v) is 22.9. The highest BCUT2D eigenvalue weighted by atomic mass is 19.1. The molecule has 0 radical (unpaired) electrons. The van der Waals surface area contributed by atoms with Crippen LogP contribution in [0.1, 0.15) is 64.3 Å². The molecule has 2 aromatic rings. The minimum absolute atomic E-state index is 0.155. The van der Waals surface area contributed by atoms with Gasteiger partial charge in [0.15, 0.2) is 0 Å². The number of hydrogen-bond donors (Lipinski definition) is 2. The first-order chi connectivity index (χ1) is 19.3. The molecule has 0 aromatic heterocycles. The lowest BCUT2D eigenvalue weighted by Gasteiger charge is -2.33. The van der Waals surface area contributed by atoms with Gasteiger partial charge in [-0.1, -0.05) is 18.2 Å². The summed E-state index contributed by atoms with van der Waals surface area (Å²) in [5, 5.41) is 12.8. The zero-order chi connectivity index (χ0) is 28.6. The second-order valence-electron chi connectivity index (χ2n) is 10.5. The Balaban J connectivity index is 1.40. The summed E-state index contributed by atoms with van der Waals surface area (Å²) in [5.74, 6) is -0.950. The number of esters is 1. The number of benzene rings is 2. The summed E-state index contributed by atoms with van der Waals surface area (Å²) in [6, 6.07) is 12.4. The van der Waals surface area contributed by atoms with Gasteiger partial charge in [0.2, 0.25) is 5.91 Å². The van der Waals surface area contributed by atoms with Gasteiger partial charge in [0.1, 0.15) is 11.9 Å². The molecule has 0 spiro atoms. The summed E-state index contributed by atoms with van der Waals surface area (Å²) in [5.41, 5.74) is 1.79. The molecule has 8 nitrogen and oxygen atoms in total. The minimum atomic E-state index is -0.722. The van der Waals surface area contributed by atoms with E-state index in [1.807, 2.05) is 18.2 Å². The zero-order valence-electron chi connectivity index (χ0n) is 22.9. The number of carbonyl (C=O) groups excluding carboxylic acids is 3. The third-order valence-corrected chi connectivity index (χ3v) is 7.77. The van der Waals surface area contributed by atoms with E-state index in [1.54, 1.807) is 4.90 Å². The molecule has 2 amide bonds. The van der Waals surface area contributed by atoms with E-state index in [4.69, 9.17) is 4.74 Å². The molecule has 2 N–H and O–H groups in total. The summed E-state index contributed by atoms with van der Waals surface area (Å²) in [7, 11) is 1.29. The Hall–Kier alpha value is -3.56. The molecule has 1 aliphatic carbocycles. The normalized spacial score (nSPS) is 19.6. The molecule has 2 aliphatic rings. The maximum atomic E-state index is 13.5. The molecular formula is C31H38FN3O5. The number of nitrogens with zero attached hydrogens (tertiary/aromatic N) is 2. The number of nitrogens with one attached hydrogen (secondary N) is 1. The van der Waals surface area contributed by atoms with E-state index in [-0.39, 0.29) is 11.7 Å². The highest BCUT2D eigenvalue weighted by Gasteiger charge is 2.42. The van der Waals surface area contributed by atoms with Crippen molar-refractivity contribution in [1.82, 2.24) is 15.1 Å². The van der Waals surface area contributed by atoms with Crippen LogP contribution in [0.3, 0.4) is 0 Å². The predicted octanol–water partition coefficient (Wildman–Crippen LogP) is 3.52. The molecule has 214 valence electrons. The number of halogens is 1. The van der Waals surface area contributed by atoms with Crippen LogP contribution in [0, 0.1) is 5.82 Å². The first-order valence-electron chi connectivity index (χ1n) is 13.9. The lowest BCUT2D eigenvalue weighted by Crippen LogP contribution is -2.51. The monoisotopic (exact) mass is 551 g/mol. The van der Waals surface area contributed by atoms with E-state index in [2.05, 4.69) is 16.8 Å². The Morgan fingerprint density at radius 1 is 1.12 bits per heavy atom. The third kappa shape index (κ3) is 7.55. The number of likely N-dealkylation sites (tertiary alicyclic amines) is 1. The topological polar surface area (TPSA) is 99.2 Å². The van der Waals surface area contributed by atoms with Gasteiger partial charge < -0.3 is 20.1 Å². The van der Waals surface area contributed by atoms with Crippen molar-refractivity contribution in [3.8, 4) is 0 Å². The number of hydrogen-bond acceptors (Lipinski definition) is 6. The molecule has 1 saturated heterocycles. The Morgan fingerprint density at radius 3 is 2.40 bits per heavy atom. The van der Waals surface area contributed by atoms with Gasteiger partial charge in [0, 0.05) is 37.2 Å². The second-order valence-corrected chi connectivity index (χ2v) is 10.5. The predicted molar refractivity (Wildman–Crippen MR) is 149 cm³/mol. The van der Waals surface area contributed by atoms with Gasteiger partial charge in [0.25, 0.3) is 5.91 Å². The Morgan fingerprint density at radius 2 is 1.77 bits per heavy atom. The summed E-state index contributed by atoms with van der Waals surface area (Å²) in [4.78, 5) is 42.3. The summed E-state index contributed by atoms with van der Waals surface area (Å²) in [6.45, 7) is 6.21. The maximum absolute atomic E-state index is 13.5. The van der Waals surface area contributed by atoms with Crippen LogP contribution >= 0.6 is 0 Å². The fraction of sp³-hybridized carbons (Fsp3) is 0.452. The van der Waals surface area contributed by atoms with E-state index < -0.39 is 24.0 Å². The number of aliphatic hydroxyl groups is 1. The fourth-order valence-corrected chi connectivity index (χ4v) is 5.39. The summed E-state index contributed by atoms with van der Waals surface area (Å²) in [6.07, 6.45) is 4.59. The van der Waals surface area contributed by atoms with Crippen LogP contribution in [0.5, 0.6) is 0 Å². The first kappa shape index (κ1) is 29.4. The molecule has 1 aliphatic heterocycles. The molecule has 40 heavy (non-hydrogen) atoms. The lowest BCUT2D eigenvalue weighted by molar-refractivity contribution is -0.135. The quantitative estimate of drug-likeness (QED) is 0.310. The van der Waals surface area contributed by atoms with Crippen LogP contribution in [0.2, 0.25) is 0 Å². The van der Waals surface area contributed by atoms with Gasteiger partial charge in [-0.3, -0.25) is 14.5 Å². The van der Waals surface area contributed by atoms with Gasteiger partial charge in [-0.2, -0.15) is 0 Å². The molecule has 1 unspecified atom stereocenters. The number of piperidine rings is 1. The lowest BCUT2D eigenvalue weighted by atomic mass is 10.0. The van der Waals surface area contributed by atoms with Crippen molar-refractivity contribution >= 4 is 17.8 Å². The van der Waals surface area contributed by atoms with Crippen molar-refractivity contribution in [3.63, 3.8) is 0 Å². The number of carbonyl (C=O) groups is 3.